The van der Waals surface area contributed by atoms with E-state index in [-0.39, 0.29) is 0 Å². The van der Waals surface area contributed by atoms with Gasteiger partial charge in [0.15, 0.2) is 0 Å². The van der Waals surface area contributed by atoms with Gasteiger partial charge in [0, 0.05) is 22.9 Å². The molecule has 1 fully saturated rings. The van der Waals surface area contributed by atoms with Gasteiger partial charge in [-0.25, -0.2) is 0 Å². The van der Waals surface area contributed by atoms with Crippen molar-refractivity contribution in [2.24, 2.45) is 5.92 Å². The Hall–Kier alpha value is -0.0200. The van der Waals surface area contributed by atoms with Gasteiger partial charge in [0.1, 0.15) is 0 Å². The summed E-state index contributed by atoms with van der Waals surface area (Å²) in [4.78, 5) is 2.53. The summed E-state index contributed by atoms with van der Waals surface area (Å²) in [6.07, 6.45) is 4.02. The Morgan fingerprint density at radius 1 is 1.41 bits per heavy atom. The SMILES string of the molecule is CCC1CCCN(c2ccc(CBr)cc2Br)C1. The van der Waals surface area contributed by atoms with E-state index in [2.05, 4.69) is 61.9 Å². The fourth-order valence-corrected chi connectivity index (χ4v) is 3.53. The van der Waals surface area contributed by atoms with Gasteiger partial charge < -0.3 is 4.90 Å². The van der Waals surface area contributed by atoms with Crippen LogP contribution in [0.3, 0.4) is 0 Å². The Kier molecular flexibility index (Phi) is 4.92. The lowest BCUT2D eigenvalue weighted by Gasteiger charge is -2.34. The topological polar surface area (TPSA) is 3.24 Å². The van der Waals surface area contributed by atoms with E-state index in [0.29, 0.717) is 0 Å². The lowest BCUT2D eigenvalue weighted by molar-refractivity contribution is 0.404. The van der Waals surface area contributed by atoms with E-state index in [9.17, 15) is 0 Å². The molecule has 0 saturated carbocycles. The van der Waals surface area contributed by atoms with Gasteiger partial charge in [0.25, 0.3) is 0 Å². The predicted molar refractivity (Wildman–Crippen MR) is 82.0 cm³/mol. The number of rotatable bonds is 3. The fourth-order valence-electron chi connectivity index (χ4n) is 2.51. The van der Waals surface area contributed by atoms with E-state index in [4.69, 9.17) is 0 Å². The second-order valence-corrected chi connectivity index (χ2v) is 6.20. The first-order valence-corrected chi connectivity index (χ1v) is 8.25. The van der Waals surface area contributed by atoms with Crippen LogP contribution in [-0.4, -0.2) is 13.1 Å². The standard InChI is InChI=1S/C14H19Br2N/c1-2-11-4-3-7-17(10-11)14-6-5-12(9-15)8-13(14)16/h5-6,8,11H,2-4,7,9-10H2,1H3. The van der Waals surface area contributed by atoms with Gasteiger partial charge in [0.05, 0.1) is 5.69 Å². The number of nitrogens with zero attached hydrogens (tertiary/aromatic N) is 1. The monoisotopic (exact) mass is 359 g/mol. The maximum Gasteiger partial charge on any atom is 0.0510 e. The molecule has 94 valence electrons. The number of halogens is 2. The van der Waals surface area contributed by atoms with Gasteiger partial charge in [-0.15, -0.1) is 0 Å². The maximum atomic E-state index is 3.70. The minimum absolute atomic E-state index is 0.867. The molecule has 0 N–H and O–H groups in total. The van der Waals surface area contributed by atoms with Crippen molar-refractivity contribution in [3.05, 3.63) is 28.2 Å². The molecule has 1 aromatic carbocycles. The number of benzene rings is 1. The van der Waals surface area contributed by atoms with Crippen LogP contribution in [-0.2, 0) is 5.33 Å². The first-order valence-electron chi connectivity index (χ1n) is 6.34. The van der Waals surface area contributed by atoms with Crippen LogP contribution in [0.5, 0.6) is 0 Å². The van der Waals surface area contributed by atoms with Crippen molar-refractivity contribution >= 4 is 37.5 Å². The predicted octanol–water partition coefficient (Wildman–Crippen LogP) is 4.97. The molecule has 1 nitrogen and oxygen atoms in total. The van der Waals surface area contributed by atoms with Gasteiger partial charge in [-0.05, 0) is 52.4 Å². The van der Waals surface area contributed by atoms with Gasteiger partial charge >= 0.3 is 0 Å². The Bertz CT molecular complexity index is 378. The number of hydrogen-bond acceptors (Lipinski definition) is 1. The molecule has 0 amide bonds. The summed E-state index contributed by atoms with van der Waals surface area (Å²) < 4.78 is 1.23. The van der Waals surface area contributed by atoms with Gasteiger partial charge in [-0.3, -0.25) is 0 Å². The van der Waals surface area contributed by atoms with E-state index in [1.165, 1.54) is 48.1 Å². The molecule has 0 aliphatic carbocycles. The van der Waals surface area contributed by atoms with Crippen molar-refractivity contribution in [2.75, 3.05) is 18.0 Å². The van der Waals surface area contributed by atoms with Gasteiger partial charge in [0.2, 0.25) is 0 Å². The van der Waals surface area contributed by atoms with Crippen LogP contribution in [0.15, 0.2) is 22.7 Å². The third-order valence-corrected chi connectivity index (χ3v) is 4.89. The molecule has 3 heteroatoms. The summed E-state index contributed by atoms with van der Waals surface area (Å²) in [7, 11) is 0. The van der Waals surface area contributed by atoms with Gasteiger partial charge in [-0.2, -0.15) is 0 Å². The number of alkyl halides is 1. The van der Waals surface area contributed by atoms with Crippen LogP contribution in [0.2, 0.25) is 0 Å². The second-order valence-electron chi connectivity index (χ2n) is 4.78. The highest BCUT2D eigenvalue weighted by molar-refractivity contribution is 9.10. The van der Waals surface area contributed by atoms with E-state index < -0.39 is 0 Å². The van der Waals surface area contributed by atoms with Crippen molar-refractivity contribution in [3.8, 4) is 0 Å². The van der Waals surface area contributed by atoms with Crippen molar-refractivity contribution in [2.45, 2.75) is 31.5 Å². The van der Waals surface area contributed by atoms with Crippen LogP contribution in [0, 0.1) is 5.92 Å². The molecular weight excluding hydrogens is 342 g/mol. The highest BCUT2D eigenvalue weighted by Crippen LogP contribution is 2.32. The minimum Gasteiger partial charge on any atom is -0.370 e. The number of piperidine rings is 1. The smallest absolute Gasteiger partial charge is 0.0510 e. The molecule has 0 aromatic heterocycles. The molecule has 1 atom stereocenters. The van der Waals surface area contributed by atoms with Crippen LogP contribution >= 0.6 is 31.9 Å². The van der Waals surface area contributed by atoms with Gasteiger partial charge in [-0.1, -0.05) is 35.3 Å². The average molecular weight is 361 g/mol. The first kappa shape index (κ1) is 13.4. The van der Waals surface area contributed by atoms with Crippen LogP contribution in [0.4, 0.5) is 5.69 Å². The third kappa shape index (κ3) is 3.25. The molecule has 1 unspecified atom stereocenters. The van der Waals surface area contributed by atoms with E-state index in [1.54, 1.807) is 0 Å². The van der Waals surface area contributed by atoms with Crippen molar-refractivity contribution in [1.29, 1.82) is 0 Å². The lowest BCUT2D eigenvalue weighted by Crippen LogP contribution is -2.35. The molecule has 1 saturated heterocycles. The molecule has 1 aromatic rings. The molecule has 0 bridgehead atoms. The highest BCUT2D eigenvalue weighted by Gasteiger charge is 2.20. The number of anilines is 1. The van der Waals surface area contributed by atoms with E-state index >= 15 is 0 Å². The zero-order valence-electron chi connectivity index (χ0n) is 10.3. The quantitative estimate of drug-likeness (QED) is 0.688. The minimum atomic E-state index is 0.867. The largest absolute Gasteiger partial charge is 0.370 e. The summed E-state index contributed by atoms with van der Waals surface area (Å²) in [5.41, 5.74) is 2.68. The molecule has 1 heterocycles. The molecule has 17 heavy (non-hydrogen) atoms. The maximum absolute atomic E-state index is 3.70. The molecular formula is C14H19Br2N. The van der Waals surface area contributed by atoms with Crippen LogP contribution in [0.25, 0.3) is 0 Å². The fraction of sp³-hybridized carbons (Fsp3) is 0.571. The molecule has 0 radical (unpaired) electrons. The van der Waals surface area contributed by atoms with E-state index in [0.717, 1.165) is 11.2 Å². The molecule has 2 rings (SSSR count). The molecule has 0 spiro atoms. The zero-order chi connectivity index (χ0) is 12.3. The number of hydrogen-bond donors (Lipinski definition) is 0. The highest BCUT2D eigenvalue weighted by atomic mass is 79.9. The second kappa shape index (κ2) is 6.24. The van der Waals surface area contributed by atoms with E-state index in [1.807, 2.05) is 0 Å². The van der Waals surface area contributed by atoms with Crippen LogP contribution < -0.4 is 4.90 Å². The first-order chi connectivity index (χ1) is 8.24. The van der Waals surface area contributed by atoms with Crippen molar-refractivity contribution < 1.29 is 0 Å². The van der Waals surface area contributed by atoms with Crippen LogP contribution in [0.1, 0.15) is 31.7 Å². The summed E-state index contributed by atoms with van der Waals surface area (Å²) in [6.45, 7) is 4.71. The Labute approximate surface area is 121 Å². The Balaban J connectivity index is 2.16. The molecule has 1 aliphatic rings. The van der Waals surface area contributed by atoms with Crippen molar-refractivity contribution in [3.63, 3.8) is 0 Å². The molecule has 1 aliphatic heterocycles. The average Bonchev–Trinajstić information content (AvgIpc) is 2.38. The third-order valence-electron chi connectivity index (χ3n) is 3.60. The summed E-state index contributed by atoms with van der Waals surface area (Å²) in [6, 6.07) is 6.68. The summed E-state index contributed by atoms with van der Waals surface area (Å²) in [5, 5.41) is 0.920. The normalized spacial score (nSPS) is 20.6. The summed E-state index contributed by atoms with van der Waals surface area (Å²) >= 11 is 7.20. The Morgan fingerprint density at radius 2 is 2.24 bits per heavy atom. The van der Waals surface area contributed by atoms with Crippen molar-refractivity contribution in [1.82, 2.24) is 0 Å². The summed E-state index contributed by atoms with van der Waals surface area (Å²) in [5.74, 6) is 0.867. The zero-order valence-corrected chi connectivity index (χ0v) is 13.4. The lowest BCUT2D eigenvalue weighted by atomic mass is 9.95. The Morgan fingerprint density at radius 3 is 2.88 bits per heavy atom.